The summed E-state index contributed by atoms with van der Waals surface area (Å²) in [5, 5.41) is 4.79. The number of rotatable bonds is 3. The molecular weight excluding hydrogens is 379 g/mol. The quantitative estimate of drug-likeness (QED) is 0.521. The van der Waals surface area contributed by atoms with Gasteiger partial charge >= 0.3 is 0 Å². The standard InChI is InChI=1S/C23H23FN6/c1-16-5-3-4-6-20(16)22-26-23-25-17(2)15-21(30(23)27-22)29-13-11-28(12-14-29)19-9-7-18(24)8-10-19/h3-10,15H,11-14H2,1-2H3. The highest BCUT2D eigenvalue weighted by Crippen LogP contribution is 2.25. The number of aryl methyl sites for hydroxylation is 2. The zero-order valence-corrected chi connectivity index (χ0v) is 17.1. The largest absolute Gasteiger partial charge is 0.368 e. The van der Waals surface area contributed by atoms with Crippen molar-refractivity contribution in [2.24, 2.45) is 0 Å². The summed E-state index contributed by atoms with van der Waals surface area (Å²) < 4.78 is 15.1. The number of fused-ring (bicyclic) bond motifs is 1. The second kappa shape index (κ2) is 7.40. The molecule has 1 fully saturated rings. The van der Waals surface area contributed by atoms with E-state index in [4.69, 9.17) is 10.1 Å². The number of anilines is 2. The summed E-state index contributed by atoms with van der Waals surface area (Å²) in [4.78, 5) is 13.9. The maximum atomic E-state index is 13.2. The van der Waals surface area contributed by atoms with Crippen molar-refractivity contribution in [1.29, 1.82) is 0 Å². The molecule has 0 N–H and O–H groups in total. The molecule has 0 aliphatic carbocycles. The van der Waals surface area contributed by atoms with Gasteiger partial charge in [-0.1, -0.05) is 24.3 Å². The Morgan fingerprint density at radius 2 is 1.53 bits per heavy atom. The lowest BCUT2D eigenvalue weighted by atomic mass is 10.1. The van der Waals surface area contributed by atoms with Crippen LogP contribution in [0.25, 0.3) is 17.2 Å². The van der Waals surface area contributed by atoms with Crippen LogP contribution in [0.1, 0.15) is 11.3 Å². The highest BCUT2D eigenvalue weighted by Gasteiger charge is 2.22. The molecule has 2 aromatic heterocycles. The average molecular weight is 402 g/mol. The zero-order valence-electron chi connectivity index (χ0n) is 17.1. The van der Waals surface area contributed by atoms with E-state index in [2.05, 4.69) is 33.8 Å². The van der Waals surface area contributed by atoms with Gasteiger partial charge in [-0.05, 0) is 43.7 Å². The lowest BCUT2D eigenvalue weighted by molar-refractivity contribution is 0.622. The van der Waals surface area contributed by atoms with Gasteiger partial charge in [0.1, 0.15) is 11.6 Å². The highest BCUT2D eigenvalue weighted by atomic mass is 19.1. The molecule has 0 atom stereocenters. The predicted molar refractivity (Wildman–Crippen MR) is 117 cm³/mol. The summed E-state index contributed by atoms with van der Waals surface area (Å²) in [5.41, 5.74) is 4.13. The molecule has 0 amide bonds. The van der Waals surface area contributed by atoms with Crippen LogP contribution in [0.2, 0.25) is 0 Å². The summed E-state index contributed by atoms with van der Waals surface area (Å²) in [7, 11) is 0. The Kier molecular flexibility index (Phi) is 4.58. The van der Waals surface area contributed by atoms with E-state index in [1.807, 2.05) is 41.8 Å². The fraction of sp³-hybridized carbons (Fsp3) is 0.261. The number of hydrogen-bond acceptors (Lipinski definition) is 5. The van der Waals surface area contributed by atoms with Crippen molar-refractivity contribution in [1.82, 2.24) is 19.6 Å². The Labute approximate surface area is 174 Å². The summed E-state index contributed by atoms with van der Waals surface area (Å²) >= 11 is 0. The van der Waals surface area contributed by atoms with Crippen LogP contribution in [0.15, 0.2) is 54.6 Å². The summed E-state index contributed by atoms with van der Waals surface area (Å²) in [6.07, 6.45) is 0. The second-order valence-corrected chi connectivity index (χ2v) is 7.67. The lowest BCUT2D eigenvalue weighted by Crippen LogP contribution is -2.47. The third-order valence-corrected chi connectivity index (χ3v) is 5.60. The summed E-state index contributed by atoms with van der Waals surface area (Å²) in [6.45, 7) is 7.45. The van der Waals surface area contributed by atoms with Gasteiger partial charge in [0.25, 0.3) is 5.78 Å². The van der Waals surface area contributed by atoms with Gasteiger partial charge in [0, 0.05) is 49.2 Å². The first-order valence-corrected chi connectivity index (χ1v) is 10.1. The van der Waals surface area contributed by atoms with Crippen LogP contribution in [0.5, 0.6) is 0 Å². The summed E-state index contributed by atoms with van der Waals surface area (Å²) in [6, 6.07) is 16.9. The fourth-order valence-electron chi connectivity index (χ4n) is 3.98. The number of aromatic nitrogens is 4. The van der Waals surface area contributed by atoms with E-state index >= 15 is 0 Å². The van der Waals surface area contributed by atoms with Crippen molar-refractivity contribution in [3.05, 3.63) is 71.7 Å². The van der Waals surface area contributed by atoms with Gasteiger partial charge in [0.05, 0.1) is 0 Å². The van der Waals surface area contributed by atoms with E-state index in [1.165, 1.54) is 12.1 Å². The molecule has 1 aliphatic rings. The Bertz CT molecular complexity index is 1190. The Morgan fingerprint density at radius 3 is 2.27 bits per heavy atom. The molecule has 0 radical (unpaired) electrons. The third kappa shape index (κ3) is 3.36. The number of piperazine rings is 1. The van der Waals surface area contributed by atoms with E-state index in [1.54, 1.807) is 0 Å². The Hall–Kier alpha value is -3.48. The molecular formula is C23H23FN6. The SMILES string of the molecule is Cc1cc(N2CCN(c3ccc(F)cc3)CC2)n2nc(-c3ccccc3C)nc2n1. The molecule has 0 saturated carbocycles. The summed E-state index contributed by atoms with van der Waals surface area (Å²) in [5.74, 6) is 2.10. The molecule has 7 heteroatoms. The molecule has 4 aromatic rings. The smallest absolute Gasteiger partial charge is 0.254 e. The van der Waals surface area contributed by atoms with Crippen LogP contribution in [-0.2, 0) is 0 Å². The average Bonchev–Trinajstić information content (AvgIpc) is 3.18. The third-order valence-electron chi connectivity index (χ3n) is 5.60. The monoisotopic (exact) mass is 402 g/mol. The highest BCUT2D eigenvalue weighted by molar-refractivity contribution is 5.62. The molecule has 152 valence electrons. The minimum absolute atomic E-state index is 0.206. The van der Waals surface area contributed by atoms with E-state index in [-0.39, 0.29) is 5.82 Å². The minimum Gasteiger partial charge on any atom is -0.368 e. The number of nitrogens with zero attached hydrogens (tertiary/aromatic N) is 6. The van der Waals surface area contributed by atoms with Crippen LogP contribution in [-0.4, -0.2) is 45.8 Å². The van der Waals surface area contributed by atoms with Gasteiger partial charge in [0.15, 0.2) is 5.82 Å². The molecule has 6 nitrogen and oxygen atoms in total. The molecule has 0 unspecified atom stereocenters. The van der Waals surface area contributed by atoms with Gasteiger partial charge in [-0.2, -0.15) is 9.50 Å². The van der Waals surface area contributed by atoms with Crippen molar-refractivity contribution >= 4 is 17.3 Å². The first kappa shape index (κ1) is 18.5. The van der Waals surface area contributed by atoms with Crippen molar-refractivity contribution in [3.8, 4) is 11.4 Å². The van der Waals surface area contributed by atoms with Crippen molar-refractivity contribution < 1.29 is 4.39 Å². The Morgan fingerprint density at radius 1 is 0.833 bits per heavy atom. The molecule has 0 bridgehead atoms. The lowest BCUT2D eigenvalue weighted by Gasteiger charge is -2.37. The van der Waals surface area contributed by atoms with Crippen LogP contribution in [0, 0.1) is 19.7 Å². The van der Waals surface area contributed by atoms with E-state index in [9.17, 15) is 4.39 Å². The van der Waals surface area contributed by atoms with Crippen LogP contribution < -0.4 is 9.80 Å². The maximum Gasteiger partial charge on any atom is 0.254 e. The molecule has 1 aliphatic heterocycles. The first-order chi connectivity index (χ1) is 14.6. The van der Waals surface area contributed by atoms with E-state index in [0.29, 0.717) is 11.6 Å². The number of benzene rings is 2. The molecule has 1 saturated heterocycles. The molecule has 30 heavy (non-hydrogen) atoms. The van der Waals surface area contributed by atoms with Crippen LogP contribution in [0.4, 0.5) is 15.9 Å². The zero-order chi connectivity index (χ0) is 20.7. The maximum absolute atomic E-state index is 13.2. The van der Waals surface area contributed by atoms with Gasteiger partial charge in [-0.25, -0.2) is 9.37 Å². The molecule has 3 heterocycles. The minimum atomic E-state index is -0.206. The van der Waals surface area contributed by atoms with Crippen LogP contribution in [0.3, 0.4) is 0 Å². The second-order valence-electron chi connectivity index (χ2n) is 7.67. The Balaban J connectivity index is 1.44. The van der Waals surface area contributed by atoms with E-state index in [0.717, 1.165) is 54.5 Å². The molecule has 0 spiro atoms. The van der Waals surface area contributed by atoms with Gasteiger partial charge in [0.2, 0.25) is 0 Å². The van der Waals surface area contributed by atoms with Crippen molar-refractivity contribution in [3.63, 3.8) is 0 Å². The van der Waals surface area contributed by atoms with E-state index < -0.39 is 0 Å². The number of halogens is 1. The predicted octanol–water partition coefficient (Wildman–Crippen LogP) is 3.87. The topological polar surface area (TPSA) is 49.6 Å². The van der Waals surface area contributed by atoms with Gasteiger partial charge in [-0.15, -0.1) is 5.10 Å². The van der Waals surface area contributed by atoms with Crippen LogP contribution >= 0.6 is 0 Å². The van der Waals surface area contributed by atoms with Crippen molar-refractivity contribution in [2.75, 3.05) is 36.0 Å². The molecule has 5 rings (SSSR count). The van der Waals surface area contributed by atoms with Gasteiger partial charge in [-0.3, -0.25) is 0 Å². The normalized spacial score (nSPS) is 14.5. The van der Waals surface area contributed by atoms with Gasteiger partial charge < -0.3 is 9.80 Å². The molecule has 2 aromatic carbocycles. The van der Waals surface area contributed by atoms with Crippen molar-refractivity contribution in [2.45, 2.75) is 13.8 Å². The fourth-order valence-corrected chi connectivity index (χ4v) is 3.98. The number of hydrogen-bond donors (Lipinski definition) is 0. The first-order valence-electron chi connectivity index (χ1n) is 10.1.